The van der Waals surface area contributed by atoms with Crippen molar-refractivity contribution in [2.75, 3.05) is 0 Å². The van der Waals surface area contributed by atoms with E-state index in [1.165, 1.54) is 0 Å². The molecule has 1 aromatic heterocycles. The lowest BCUT2D eigenvalue weighted by molar-refractivity contribution is 0.596. The molecule has 0 fully saturated rings. The van der Waals surface area contributed by atoms with Gasteiger partial charge in [-0.2, -0.15) is 0 Å². The van der Waals surface area contributed by atoms with Crippen LogP contribution >= 0.6 is 38.5 Å². The molecule has 1 heterocycles. The molecular weight excluding hydrogens is 465 g/mol. The highest BCUT2D eigenvalue weighted by Crippen LogP contribution is 2.28. The average Bonchev–Trinajstić information content (AvgIpc) is 2.47. The fraction of sp³-hybridized carbons (Fsp3) is 0. The van der Waals surface area contributed by atoms with Gasteiger partial charge in [0.05, 0.1) is 15.3 Å². The molecule has 2 aromatic carbocycles. The molecule has 6 heteroatoms. The zero-order chi connectivity index (χ0) is 15.0. The third-order valence-electron chi connectivity index (χ3n) is 3.05. The Morgan fingerprint density at radius 3 is 2.57 bits per heavy atom. The minimum absolute atomic E-state index is 0.274. The molecule has 3 aromatic rings. The summed E-state index contributed by atoms with van der Waals surface area (Å²) < 4.78 is 27.0. The summed E-state index contributed by atoms with van der Waals surface area (Å²) in [6, 6.07) is 13.7. The van der Waals surface area contributed by atoms with Gasteiger partial charge in [-0.1, -0.05) is 28.1 Å². The molecule has 106 valence electrons. The summed E-state index contributed by atoms with van der Waals surface area (Å²) in [7, 11) is -3.54. The van der Waals surface area contributed by atoms with Crippen LogP contribution in [0.3, 0.4) is 0 Å². The van der Waals surface area contributed by atoms with Gasteiger partial charge in [0.2, 0.25) is 9.84 Å². The molecule has 0 spiro atoms. The van der Waals surface area contributed by atoms with Crippen molar-refractivity contribution >= 4 is 59.3 Å². The number of sulfone groups is 1. The molecule has 0 atom stereocenters. The van der Waals surface area contributed by atoms with E-state index in [1.807, 2.05) is 6.07 Å². The van der Waals surface area contributed by atoms with Crippen LogP contribution in [0.2, 0.25) is 0 Å². The van der Waals surface area contributed by atoms with Crippen LogP contribution < -0.4 is 0 Å². The Bertz CT molecular complexity index is 941. The zero-order valence-corrected chi connectivity index (χ0v) is 15.2. The lowest BCUT2D eigenvalue weighted by atomic mass is 10.2. The van der Waals surface area contributed by atoms with Gasteiger partial charge in [-0.15, -0.1) is 0 Å². The number of hydrogen-bond acceptors (Lipinski definition) is 3. The summed E-state index contributed by atoms with van der Waals surface area (Å²) in [5.74, 6) is 0. The first-order valence-corrected chi connectivity index (χ1v) is 9.39. The van der Waals surface area contributed by atoms with Crippen molar-refractivity contribution in [2.24, 2.45) is 0 Å². The molecule has 3 rings (SSSR count). The third-order valence-corrected chi connectivity index (χ3v) is 6.09. The van der Waals surface area contributed by atoms with Crippen molar-refractivity contribution in [1.82, 2.24) is 4.98 Å². The van der Waals surface area contributed by atoms with Crippen molar-refractivity contribution in [3.8, 4) is 0 Å². The van der Waals surface area contributed by atoms with Crippen LogP contribution in [0.1, 0.15) is 0 Å². The van der Waals surface area contributed by atoms with Gasteiger partial charge in [-0.05, 0) is 59.0 Å². The van der Waals surface area contributed by atoms with Crippen molar-refractivity contribution in [1.29, 1.82) is 0 Å². The van der Waals surface area contributed by atoms with Gasteiger partial charge in [0.25, 0.3) is 0 Å². The van der Waals surface area contributed by atoms with Crippen LogP contribution in [0.15, 0.2) is 69.0 Å². The Morgan fingerprint density at radius 1 is 1.00 bits per heavy atom. The second-order valence-corrected chi connectivity index (χ2v) is 8.47. The maximum absolute atomic E-state index is 12.7. The van der Waals surface area contributed by atoms with Crippen molar-refractivity contribution in [3.05, 3.63) is 62.8 Å². The predicted octanol–water partition coefficient (Wildman–Crippen LogP) is 4.43. The first-order valence-electron chi connectivity index (χ1n) is 6.03. The normalized spacial score (nSPS) is 11.7. The summed E-state index contributed by atoms with van der Waals surface area (Å²) in [4.78, 5) is 4.84. The van der Waals surface area contributed by atoms with Crippen LogP contribution in [0, 0.1) is 3.57 Å². The number of nitrogens with zero attached hydrogens (tertiary/aromatic N) is 1. The van der Waals surface area contributed by atoms with Gasteiger partial charge in [-0.25, -0.2) is 8.42 Å². The van der Waals surface area contributed by atoms with E-state index in [0.29, 0.717) is 0 Å². The van der Waals surface area contributed by atoms with Gasteiger partial charge in [-0.3, -0.25) is 4.98 Å². The Balaban J connectivity index is 2.24. The number of aromatic nitrogens is 1. The lowest BCUT2D eigenvalue weighted by Crippen LogP contribution is -2.03. The number of halogens is 2. The standard InChI is InChI=1S/C15H9BrINO2S/c16-11-4-1-5-12(8-11)21(19,20)13-7-10-3-2-6-18-15(10)14(17)9-13/h1-9H. The summed E-state index contributed by atoms with van der Waals surface area (Å²) >= 11 is 5.42. The maximum Gasteiger partial charge on any atom is 0.206 e. The van der Waals surface area contributed by atoms with E-state index in [1.54, 1.807) is 48.7 Å². The van der Waals surface area contributed by atoms with Crippen molar-refractivity contribution < 1.29 is 8.42 Å². The highest BCUT2D eigenvalue weighted by molar-refractivity contribution is 14.1. The first kappa shape index (κ1) is 14.9. The molecule has 3 nitrogen and oxygen atoms in total. The largest absolute Gasteiger partial charge is 0.255 e. The molecule has 0 aliphatic carbocycles. The van der Waals surface area contributed by atoms with Crippen LogP contribution in [-0.4, -0.2) is 13.4 Å². The Hall–Kier alpha value is -0.990. The number of benzene rings is 2. The molecule has 0 aliphatic heterocycles. The number of rotatable bonds is 2. The Morgan fingerprint density at radius 2 is 1.81 bits per heavy atom. The van der Waals surface area contributed by atoms with E-state index in [4.69, 9.17) is 0 Å². The van der Waals surface area contributed by atoms with E-state index >= 15 is 0 Å². The fourth-order valence-electron chi connectivity index (χ4n) is 2.05. The van der Waals surface area contributed by atoms with E-state index in [-0.39, 0.29) is 9.79 Å². The van der Waals surface area contributed by atoms with Gasteiger partial charge >= 0.3 is 0 Å². The summed E-state index contributed by atoms with van der Waals surface area (Å²) in [5.41, 5.74) is 0.811. The summed E-state index contributed by atoms with van der Waals surface area (Å²) in [6.07, 6.45) is 1.70. The Labute approximate surface area is 144 Å². The van der Waals surface area contributed by atoms with Gasteiger partial charge in [0.1, 0.15) is 0 Å². The molecule has 0 N–H and O–H groups in total. The smallest absolute Gasteiger partial charge is 0.206 e. The van der Waals surface area contributed by atoms with Gasteiger partial charge in [0.15, 0.2) is 0 Å². The van der Waals surface area contributed by atoms with Gasteiger partial charge < -0.3 is 0 Å². The second-order valence-electron chi connectivity index (χ2n) is 4.44. The molecule has 0 unspecified atom stereocenters. The Kier molecular flexibility index (Phi) is 4.02. The quantitative estimate of drug-likeness (QED) is 0.517. The van der Waals surface area contributed by atoms with E-state index in [2.05, 4.69) is 43.5 Å². The predicted molar refractivity (Wildman–Crippen MR) is 94.1 cm³/mol. The highest BCUT2D eigenvalue weighted by atomic mass is 127. The lowest BCUT2D eigenvalue weighted by Gasteiger charge is -2.08. The minimum Gasteiger partial charge on any atom is -0.255 e. The summed E-state index contributed by atoms with van der Waals surface area (Å²) in [6.45, 7) is 0. The maximum atomic E-state index is 12.7. The van der Waals surface area contributed by atoms with Crippen LogP contribution in [0.4, 0.5) is 0 Å². The fourth-order valence-corrected chi connectivity index (χ4v) is 4.96. The van der Waals surface area contributed by atoms with E-state index < -0.39 is 9.84 Å². The SMILES string of the molecule is O=S(=O)(c1cccc(Br)c1)c1cc(I)c2ncccc2c1. The molecule has 21 heavy (non-hydrogen) atoms. The first-order chi connectivity index (χ1) is 9.98. The number of fused-ring (bicyclic) bond motifs is 1. The van der Waals surface area contributed by atoms with Crippen LogP contribution in [0.5, 0.6) is 0 Å². The molecule has 0 saturated heterocycles. The van der Waals surface area contributed by atoms with Crippen LogP contribution in [0.25, 0.3) is 10.9 Å². The second kappa shape index (κ2) is 5.66. The molecule has 0 amide bonds. The highest BCUT2D eigenvalue weighted by Gasteiger charge is 2.19. The van der Waals surface area contributed by atoms with E-state index in [0.717, 1.165) is 18.9 Å². The van der Waals surface area contributed by atoms with Gasteiger partial charge in [0, 0.05) is 19.6 Å². The van der Waals surface area contributed by atoms with Crippen molar-refractivity contribution in [2.45, 2.75) is 9.79 Å². The van der Waals surface area contributed by atoms with E-state index in [9.17, 15) is 8.42 Å². The number of pyridine rings is 1. The monoisotopic (exact) mass is 473 g/mol. The molecule has 0 radical (unpaired) electrons. The van der Waals surface area contributed by atoms with Crippen molar-refractivity contribution in [3.63, 3.8) is 0 Å². The number of hydrogen-bond donors (Lipinski definition) is 0. The molecule has 0 bridgehead atoms. The van der Waals surface area contributed by atoms with Crippen LogP contribution in [-0.2, 0) is 9.84 Å². The summed E-state index contributed by atoms with van der Waals surface area (Å²) in [5, 5.41) is 0.818. The molecule has 0 aliphatic rings. The topological polar surface area (TPSA) is 47.0 Å². The molecule has 0 saturated carbocycles. The minimum atomic E-state index is -3.54. The zero-order valence-electron chi connectivity index (χ0n) is 10.6. The molecular formula is C15H9BrINO2S. The third kappa shape index (κ3) is 2.84. The average molecular weight is 474 g/mol.